The quantitative estimate of drug-likeness (QED) is 0.453. The first-order valence-corrected chi connectivity index (χ1v) is 14.4. The lowest BCUT2D eigenvalue weighted by Gasteiger charge is -2.45. The summed E-state index contributed by atoms with van der Waals surface area (Å²) >= 11 is 6.04. The van der Waals surface area contributed by atoms with Gasteiger partial charge in [-0.1, -0.05) is 23.7 Å². The van der Waals surface area contributed by atoms with Crippen molar-refractivity contribution in [3.63, 3.8) is 0 Å². The van der Waals surface area contributed by atoms with E-state index >= 15 is 0 Å². The minimum atomic E-state index is -4.20. The Bertz CT molecular complexity index is 1600. The van der Waals surface area contributed by atoms with Gasteiger partial charge in [0.15, 0.2) is 0 Å². The Hall–Kier alpha value is -3.32. The predicted molar refractivity (Wildman–Crippen MR) is 144 cm³/mol. The van der Waals surface area contributed by atoms with Crippen LogP contribution < -0.4 is 10.9 Å². The minimum absolute atomic E-state index is 0.0441. The van der Waals surface area contributed by atoms with Crippen molar-refractivity contribution in [3.05, 3.63) is 69.6 Å². The number of halogens is 1. The van der Waals surface area contributed by atoms with Crippen LogP contribution in [0.25, 0.3) is 10.8 Å². The van der Waals surface area contributed by atoms with Crippen molar-refractivity contribution in [1.82, 2.24) is 24.3 Å². The maximum Gasteiger partial charge on any atom is 0.327 e. The molecule has 2 atom stereocenters. The molecule has 5 rings (SSSR count). The number of carboxylic acid groups (broad SMARTS) is 1. The molecule has 3 aromatic rings. The second kappa shape index (κ2) is 10.7. The Kier molecular flexibility index (Phi) is 7.47. The van der Waals surface area contributed by atoms with Gasteiger partial charge >= 0.3 is 5.97 Å². The smallest absolute Gasteiger partial charge is 0.327 e. The number of piperazine rings is 1. The summed E-state index contributed by atoms with van der Waals surface area (Å²) in [7, 11) is -2.71. The third-order valence-corrected chi connectivity index (χ3v) is 9.47. The van der Waals surface area contributed by atoms with Gasteiger partial charge in [0.25, 0.3) is 5.56 Å². The highest BCUT2D eigenvalue weighted by molar-refractivity contribution is 7.89. The van der Waals surface area contributed by atoms with Crippen LogP contribution in [0.5, 0.6) is 0 Å². The normalized spacial score (nSPS) is 20.3. The molecular weight excluding hydrogens is 546 g/mol. The fourth-order valence-electron chi connectivity index (χ4n) is 5.43. The van der Waals surface area contributed by atoms with Crippen molar-refractivity contribution in [2.24, 2.45) is 13.0 Å². The van der Waals surface area contributed by atoms with Gasteiger partial charge in [-0.25, -0.2) is 17.9 Å². The van der Waals surface area contributed by atoms with E-state index in [0.29, 0.717) is 42.0 Å². The number of fused-ring (bicyclic) bond motifs is 1. The molecule has 13 heteroatoms. The molecule has 2 saturated heterocycles. The number of benzene rings is 2. The summed E-state index contributed by atoms with van der Waals surface area (Å²) in [4.78, 5) is 39.5. The first kappa shape index (κ1) is 27.3. The van der Waals surface area contributed by atoms with Crippen LogP contribution in [0.2, 0.25) is 5.02 Å². The number of rotatable bonds is 6. The van der Waals surface area contributed by atoms with Crippen molar-refractivity contribution in [2.45, 2.75) is 29.8 Å². The highest BCUT2D eigenvalue weighted by atomic mass is 35.5. The number of amides is 1. The Labute approximate surface area is 230 Å². The first-order valence-electron chi connectivity index (χ1n) is 12.5. The van der Waals surface area contributed by atoms with Crippen molar-refractivity contribution >= 4 is 44.3 Å². The zero-order valence-electron chi connectivity index (χ0n) is 21.2. The largest absolute Gasteiger partial charge is 0.480 e. The molecule has 2 fully saturated rings. The highest BCUT2D eigenvalue weighted by Gasteiger charge is 2.47. The van der Waals surface area contributed by atoms with E-state index in [1.54, 1.807) is 24.3 Å². The number of hydrogen-bond donors (Lipinski definition) is 2. The number of hydrogen-bond acceptors (Lipinski definition) is 7. The minimum Gasteiger partial charge on any atom is -0.480 e. The molecular formula is C26H28ClN5O6S. The second-order valence-corrected chi connectivity index (χ2v) is 12.2. The van der Waals surface area contributed by atoms with E-state index in [0.717, 1.165) is 14.4 Å². The molecule has 0 radical (unpaired) electrons. The van der Waals surface area contributed by atoms with Crippen LogP contribution in [0, 0.1) is 5.92 Å². The fraction of sp³-hybridized carbons (Fsp3) is 0.385. The van der Waals surface area contributed by atoms with E-state index in [1.165, 1.54) is 36.2 Å². The molecule has 1 amide bonds. The van der Waals surface area contributed by atoms with Crippen molar-refractivity contribution in [2.75, 3.05) is 26.2 Å². The number of piperidine rings is 1. The number of aromatic nitrogens is 2. The molecule has 1 aromatic heterocycles. The number of nitrogens with one attached hydrogen (secondary N) is 1. The van der Waals surface area contributed by atoms with Crippen LogP contribution in [0.1, 0.15) is 24.6 Å². The highest BCUT2D eigenvalue weighted by Crippen LogP contribution is 2.37. The second-order valence-electron chi connectivity index (χ2n) is 9.86. The van der Waals surface area contributed by atoms with Crippen LogP contribution in [0.15, 0.2) is 58.2 Å². The van der Waals surface area contributed by atoms with Crippen LogP contribution in [0.3, 0.4) is 0 Å². The number of nitrogens with zero attached hydrogens (tertiary/aromatic N) is 4. The molecule has 0 aliphatic carbocycles. The summed E-state index contributed by atoms with van der Waals surface area (Å²) in [6, 6.07) is 10.3. The lowest BCUT2D eigenvalue weighted by Crippen LogP contribution is -2.62. The summed E-state index contributed by atoms with van der Waals surface area (Å²) in [5.41, 5.74) is 0.0607. The lowest BCUT2D eigenvalue weighted by molar-refractivity contribution is -0.158. The van der Waals surface area contributed by atoms with E-state index < -0.39 is 47.1 Å². The molecule has 2 unspecified atom stereocenters. The third kappa shape index (κ3) is 5.29. The van der Waals surface area contributed by atoms with Gasteiger partial charge in [-0.3, -0.25) is 9.59 Å². The third-order valence-electron chi connectivity index (χ3n) is 7.42. The van der Waals surface area contributed by atoms with E-state index in [9.17, 15) is 27.9 Å². The molecule has 206 valence electrons. The van der Waals surface area contributed by atoms with Crippen LogP contribution in [0.4, 0.5) is 0 Å². The van der Waals surface area contributed by atoms with Gasteiger partial charge in [0.05, 0.1) is 23.2 Å². The molecule has 11 nitrogen and oxygen atoms in total. The molecule has 0 saturated carbocycles. The molecule has 39 heavy (non-hydrogen) atoms. The molecule has 0 spiro atoms. The van der Waals surface area contributed by atoms with Gasteiger partial charge in [-0.15, -0.1) is 0 Å². The Balaban J connectivity index is 1.51. The average molecular weight is 574 g/mol. The van der Waals surface area contributed by atoms with Gasteiger partial charge in [-0.2, -0.15) is 9.40 Å². The Morgan fingerprint density at radius 1 is 1.08 bits per heavy atom. The van der Waals surface area contributed by atoms with Gasteiger partial charge in [0.2, 0.25) is 15.9 Å². The molecule has 3 heterocycles. The topological polar surface area (TPSA) is 142 Å². The van der Waals surface area contributed by atoms with Gasteiger partial charge < -0.3 is 15.3 Å². The van der Waals surface area contributed by atoms with Crippen molar-refractivity contribution in [3.8, 4) is 0 Å². The number of aliphatic carboxylic acids is 1. The summed E-state index contributed by atoms with van der Waals surface area (Å²) in [5, 5.41) is 19.8. The number of aryl methyl sites for hydroxylation is 1. The van der Waals surface area contributed by atoms with E-state index in [-0.39, 0.29) is 16.4 Å². The zero-order chi connectivity index (χ0) is 27.9. The SMILES string of the molecule is Cn1nc(C(C2CCNCC2)N2C(=O)CN(S(=O)(=O)c3ccc4cc(Cl)ccc4c3)CC2C(=O)O)ccc1=O. The average Bonchev–Trinajstić information content (AvgIpc) is 2.91. The molecule has 2 N–H and O–H groups in total. The monoisotopic (exact) mass is 573 g/mol. The summed E-state index contributed by atoms with van der Waals surface area (Å²) in [6.45, 7) is 0.425. The number of carboxylic acids is 1. The predicted octanol–water partition coefficient (Wildman–Crippen LogP) is 1.61. The molecule has 2 aliphatic rings. The van der Waals surface area contributed by atoms with Crippen LogP contribution >= 0.6 is 11.6 Å². The standard InChI is InChI=1S/C26H28ClN5O6S/c1-30-23(33)7-6-21(29-30)25(16-8-10-28-11-9-16)32-22(26(35)36)14-31(15-24(32)34)39(37,38)20-5-3-17-12-19(27)4-2-18(17)13-20/h2-7,12-13,16,22,25,28H,8-11,14-15H2,1H3,(H,35,36). The molecule has 0 bridgehead atoms. The van der Waals surface area contributed by atoms with E-state index in [4.69, 9.17) is 11.6 Å². The Morgan fingerprint density at radius 2 is 1.77 bits per heavy atom. The number of carbonyl (C=O) groups is 2. The van der Waals surface area contributed by atoms with E-state index in [1.807, 2.05) is 0 Å². The number of sulfonamides is 1. The summed E-state index contributed by atoms with van der Waals surface area (Å²) in [5.74, 6) is -2.08. The van der Waals surface area contributed by atoms with E-state index in [2.05, 4.69) is 10.4 Å². The molecule has 2 aromatic carbocycles. The van der Waals surface area contributed by atoms with Gasteiger partial charge in [0.1, 0.15) is 6.04 Å². The number of carbonyl (C=O) groups excluding carboxylic acids is 1. The zero-order valence-corrected chi connectivity index (χ0v) is 22.7. The summed E-state index contributed by atoms with van der Waals surface area (Å²) < 4.78 is 29.3. The fourth-order valence-corrected chi connectivity index (χ4v) is 7.05. The van der Waals surface area contributed by atoms with Crippen molar-refractivity contribution in [1.29, 1.82) is 0 Å². The van der Waals surface area contributed by atoms with Crippen LogP contribution in [-0.2, 0) is 26.7 Å². The van der Waals surface area contributed by atoms with Gasteiger partial charge in [-0.05, 0) is 73.0 Å². The Morgan fingerprint density at radius 3 is 2.46 bits per heavy atom. The van der Waals surface area contributed by atoms with Crippen molar-refractivity contribution < 1.29 is 23.1 Å². The maximum atomic E-state index is 13.7. The maximum absolute atomic E-state index is 13.7. The van der Waals surface area contributed by atoms with Gasteiger partial charge in [0, 0.05) is 24.7 Å². The summed E-state index contributed by atoms with van der Waals surface area (Å²) in [6.07, 6.45) is 1.32. The van der Waals surface area contributed by atoms with Crippen LogP contribution in [-0.4, -0.2) is 76.6 Å². The molecule has 2 aliphatic heterocycles. The lowest BCUT2D eigenvalue weighted by atomic mass is 9.85. The first-order chi connectivity index (χ1) is 18.6.